The van der Waals surface area contributed by atoms with Crippen LogP contribution in [0.15, 0.2) is 53.1 Å². The van der Waals surface area contributed by atoms with Gasteiger partial charge in [-0.2, -0.15) is 0 Å². The first-order valence-corrected chi connectivity index (χ1v) is 10.6. The SMILES string of the molecule is Cn1nnc(-c2ccc3c(c2)CN(C2CCC(=O)NC2=O)C3=O)c1-c1ccc2occc2c1. The lowest BCUT2D eigenvalue weighted by Gasteiger charge is -2.29. The fraction of sp³-hybridized carbons (Fsp3) is 0.208. The summed E-state index contributed by atoms with van der Waals surface area (Å²) in [7, 11) is 1.84. The molecule has 1 atom stereocenters. The molecular weight excluding hydrogens is 422 g/mol. The number of carbonyl (C=O) groups is 3. The third-order valence-electron chi connectivity index (χ3n) is 6.35. The van der Waals surface area contributed by atoms with Crippen LogP contribution in [0.1, 0.15) is 28.8 Å². The Morgan fingerprint density at radius 2 is 1.91 bits per heavy atom. The van der Waals surface area contributed by atoms with Crippen molar-refractivity contribution in [1.29, 1.82) is 0 Å². The highest BCUT2D eigenvalue weighted by atomic mass is 16.3. The number of fused-ring (bicyclic) bond motifs is 2. The van der Waals surface area contributed by atoms with Crippen molar-refractivity contribution in [3.63, 3.8) is 0 Å². The summed E-state index contributed by atoms with van der Waals surface area (Å²) in [4.78, 5) is 38.3. The Morgan fingerprint density at radius 3 is 2.76 bits per heavy atom. The van der Waals surface area contributed by atoms with Crippen molar-refractivity contribution >= 4 is 28.7 Å². The van der Waals surface area contributed by atoms with Gasteiger partial charge in [-0.3, -0.25) is 19.7 Å². The maximum Gasteiger partial charge on any atom is 0.255 e. The minimum atomic E-state index is -0.639. The number of aromatic nitrogens is 3. The number of benzene rings is 2. The van der Waals surface area contributed by atoms with Crippen LogP contribution in [-0.4, -0.2) is 43.7 Å². The highest BCUT2D eigenvalue weighted by Gasteiger charge is 2.39. The Labute approximate surface area is 188 Å². The Balaban J connectivity index is 1.36. The number of carbonyl (C=O) groups excluding carboxylic acids is 3. The van der Waals surface area contributed by atoms with E-state index >= 15 is 0 Å². The van der Waals surface area contributed by atoms with Gasteiger partial charge in [-0.1, -0.05) is 11.3 Å². The summed E-state index contributed by atoms with van der Waals surface area (Å²) in [5.74, 6) is -0.916. The lowest BCUT2D eigenvalue weighted by atomic mass is 10.00. The average molecular weight is 441 g/mol. The van der Waals surface area contributed by atoms with E-state index in [0.717, 1.165) is 33.4 Å². The van der Waals surface area contributed by atoms with Crippen molar-refractivity contribution in [1.82, 2.24) is 25.2 Å². The monoisotopic (exact) mass is 441 g/mol. The number of nitrogens with one attached hydrogen (secondary N) is 1. The largest absolute Gasteiger partial charge is 0.464 e. The van der Waals surface area contributed by atoms with Gasteiger partial charge in [-0.05, 0) is 48.4 Å². The van der Waals surface area contributed by atoms with Gasteiger partial charge in [0.25, 0.3) is 5.91 Å². The molecule has 0 bridgehead atoms. The van der Waals surface area contributed by atoms with Crippen LogP contribution in [0.25, 0.3) is 33.5 Å². The molecule has 1 fully saturated rings. The minimum Gasteiger partial charge on any atom is -0.464 e. The fourth-order valence-corrected chi connectivity index (χ4v) is 4.71. The fourth-order valence-electron chi connectivity index (χ4n) is 4.71. The number of hydrogen-bond acceptors (Lipinski definition) is 6. The number of hydrogen-bond donors (Lipinski definition) is 1. The smallest absolute Gasteiger partial charge is 0.255 e. The molecule has 9 heteroatoms. The third-order valence-corrected chi connectivity index (χ3v) is 6.35. The van der Waals surface area contributed by atoms with Crippen molar-refractivity contribution < 1.29 is 18.8 Å². The van der Waals surface area contributed by atoms with Crippen LogP contribution < -0.4 is 5.32 Å². The molecule has 1 N–H and O–H groups in total. The number of furan rings is 1. The van der Waals surface area contributed by atoms with Crippen molar-refractivity contribution in [3.8, 4) is 22.5 Å². The molecule has 1 unspecified atom stereocenters. The van der Waals surface area contributed by atoms with E-state index in [1.165, 1.54) is 0 Å². The van der Waals surface area contributed by atoms with Crippen LogP contribution in [0.4, 0.5) is 0 Å². The Kier molecular flexibility index (Phi) is 4.19. The van der Waals surface area contributed by atoms with Crippen LogP contribution in [0.2, 0.25) is 0 Å². The van der Waals surface area contributed by atoms with E-state index < -0.39 is 11.9 Å². The summed E-state index contributed by atoms with van der Waals surface area (Å²) in [6, 6.07) is 12.7. The molecule has 2 aromatic carbocycles. The minimum absolute atomic E-state index is 0.198. The molecule has 0 spiro atoms. The quantitative estimate of drug-likeness (QED) is 0.490. The molecule has 6 rings (SSSR count). The predicted molar refractivity (Wildman–Crippen MR) is 118 cm³/mol. The maximum atomic E-state index is 13.0. The molecule has 2 aliphatic heterocycles. The molecule has 1 saturated heterocycles. The number of imide groups is 1. The maximum absolute atomic E-state index is 13.0. The summed E-state index contributed by atoms with van der Waals surface area (Å²) in [6.07, 6.45) is 2.22. The molecular formula is C24H19N5O4. The Bertz CT molecular complexity index is 1470. The summed E-state index contributed by atoms with van der Waals surface area (Å²) in [5.41, 5.74) is 5.53. The lowest BCUT2D eigenvalue weighted by Crippen LogP contribution is -2.52. The number of piperidine rings is 1. The van der Waals surface area contributed by atoms with Crippen LogP contribution in [0.3, 0.4) is 0 Å². The van der Waals surface area contributed by atoms with Crippen molar-refractivity contribution in [2.75, 3.05) is 0 Å². The highest BCUT2D eigenvalue weighted by molar-refractivity contribution is 6.05. The zero-order valence-corrected chi connectivity index (χ0v) is 17.7. The molecule has 3 amide bonds. The first-order valence-electron chi connectivity index (χ1n) is 10.6. The van der Waals surface area contributed by atoms with Gasteiger partial charge in [0.05, 0.1) is 12.0 Å². The van der Waals surface area contributed by atoms with Crippen molar-refractivity contribution in [3.05, 3.63) is 59.9 Å². The van der Waals surface area contributed by atoms with E-state index in [4.69, 9.17) is 4.42 Å². The van der Waals surface area contributed by atoms with E-state index in [1.807, 2.05) is 43.4 Å². The van der Waals surface area contributed by atoms with Gasteiger partial charge in [-0.25, -0.2) is 4.68 Å². The van der Waals surface area contributed by atoms with Crippen molar-refractivity contribution in [2.45, 2.75) is 25.4 Å². The van der Waals surface area contributed by atoms with Crippen LogP contribution >= 0.6 is 0 Å². The van der Waals surface area contributed by atoms with E-state index in [2.05, 4.69) is 15.6 Å². The summed E-state index contributed by atoms with van der Waals surface area (Å²) >= 11 is 0. The van der Waals surface area contributed by atoms with Crippen LogP contribution in [0, 0.1) is 0 Å². The van der Waals surface area contributed by atoms with Gasteiger partial charge in [-0.15, -0.1) is 5.10 Å². The Hall–Kier alpha value is -4.27. The predicted octanol–water partition coefficient (Wildman–Crippen LogP) is 2.66. The average Bonchev–Trinajstić information content (AvgIpc) is 3.50. The second-order valence-corrected chi connectivity index (χ2v) is 8.36. The first-order chi connectivity index (χ1) is 16.0. The number of nitrogens with zero attached hydrogens (tertiary/aromatic N) is 4. The molecule has 0 aliphatic carbocycles. The second-order valence-electron chi connectivity index (χ2n) is 8.36. The van der Waals surface area contributed by atoms with Gasteiger partial charge in [0.15, 0.2) is 0 Å². The van der Waals surface area contributed by atoms with Gasteiger partial charge in [0.2, 0.25) is 11.8 Å². The van der Waals surface area contributed by atoms with Gasteiger partial charge < -0.3 is 9.32 Å². The van der Waals surface area contributed by atoms with Gasteiger partial charge >= 0.3 is 0 Å². The molecule has 9 nitrogen and oxygen atoms in total. The van der Waals surface area contributed by atoms with Crippen molar-refractivity contribution in [2.24, 2.45) is 7.05 Å². The number of rotatable bonds is 3. The molecule has 2 aliphatic rings. The topological polar surface area (TPSA) is 110 Å². The molecule has 164 valence electrons. The molecule has 33 heavy (non-hydrogen) atoms. The highest BCUT2D eigenvalue weighted by Crippen LogP contribution is 2.35. The summed E-state index contributed by atoms with van der Waals surface area (Å²) in [5, 5.41) is 11.9. The summed E-state index contributed by atoms with van der Waals surface area (Å²) in [6.45, 7) is 0.310. The first kappa shape index (κ1) is 19.4. The lowest BCUT2D eigenvalue weighted by molar-refractivity contribution is -0.136. The molecule has 0 radical (unpaired) electrons. The standard InChI is InChI=1S/C24H19N5O4/c1-28-22(15-3-6-19-13(10-15)8-9-33-19)21(26-27-28)14-2-4-17-16(11-14)12-29(24(17)32)18-5-7-20(30)25-23(18)31/h2-4,6,8-11,18H,5,7,12H2,1H3,(H,25,30,31). The van der Waals surface area contributed by atoms with E-state index in [9.17, 15) is 14.4 Å². The normalized spacial score (nSPS) is 18.2. The van der Waals surface area contributed by atoms with E-state index in [-0.39, 0.29) is 18.2 Å². The Morgan fingerprint density at radius 1 is 1.06 bits per heavy atom. The van der Waals surface area contributed by atoms with Crippen LogP contribution in [-0.2, 0) is 23.2 Å². The van der Waals surface area contributed by atoms with Gasteiger partial charge in [0, 0.05) is 42.1 Å². The molecule has 4 heterocycles. The molecule has 0 saturated carbocycles. The van der Waals surface area contributed by atoms with E-state index in [0.29, 0.717) is 24.2 Å². The molecule has 4 aromatic rings. The number of aryl methyl sites for hydroxylation is 1. The van der Waals surface area contributed by atoms with Crippen LogP contribution in [0.5, 0.6) is 0 Å². The zero-order valence-electron chi connectivity index (χ0n) is 17.7. The van der Waals surface area contributed by atoms with E-state index in [1.54, 1.807) is 21.9 Å². The second kappa shape index (κ2) is 7.13. The third kappa shape index (κ3) is 3.04. The molecule has 2 aromatic heterocycles. The number of amides is 3. The summed E-state index contributed by atoms with van der Waals surface area (Å²) < 4.78 is 7.17. The van der Waals surface area contributed by atoms with Gasteiger partial charge in [0.1, 0.15) is 17.3 Å². The zero-order chi connectivity index (χ0) is 22.7.